The summed E-state index contributed by atoms with van der Waals surface area (Å²) in [6.07, 6.45) is -20.9. The highest BCUT2D eigenvalue weighted by atomic mass is 32.2. The molecular weight excluding hydrogens is 565 g/mol. The van der Waals surface area contributed by atoms with Gasteiger partial charge >= 0.3 is 18.5 Å². The number of hydrogen-bond donors (Lipinski definition) is 1. The van der Waals surface area contributed by atoms with Crippen LogP contribution in [-0.4, -0.2) is 54.5 Å². The number of hydrogen-bond acceptors (Lipinski definition) is 3. The van der Waals surface area contributed by atoms with Crippen LogP contribution in [-0.2, 0) is 16.4 Å². The van der Waals surface area contributed by atoms with Gasteiger partial charge in [-0.2, -0.15) is 43.8 Å². The smallest absolute Gasteiger partial charge is 0.373 e. The molecule has 218 valence electrons. The van der Waals surface area contributed by atoms with E-state index in [1.54, 1.807) is 36.4 Å². The van der Waals surface area contributed by atoms with Crippen molar-refractivity contribution in [3.8, 4) is 0 Å². The summed E-state index contributed by atoms with van der Waals surface area (Å²) in [5, 5.41) is 8.21. The second-order valence-electron chi connectivity index (χ2n) is 9.56. The van der Waals surface area contributed by atoms with Crippen molar-refractivity contribution in [2.24, 2.45) is 5.92 Å². The molecule has 1 N–H and O–H groups in total. The normalized spacial score (nSPS) is 20.7. The van der Waals surface area contributed by atoms with Crippen LogP contribution in [0.25, 0.3) is 0 Å². The Morgan fingerprint density at radius 2 is 1.23 bits per heavy atom. The highest BCUT2D eigenvalue weighted by Crippen LogP contribution is 2.52. The number of rotatable bonds is 8. The van der Waals surface area contributed by atoms with Crippen LogP contribution in [0.5, 0.6) is 0 Å². The lowest BCUT2D eigenvalue weighted by molar-refractivity contribution is -0.387. The average molecular weight is 592 g/mol. The molecule has 0 aliphatic heterocycles. The quantitative estimate of drug-likeness (QED) is 0.353. The lowest BCUT2D eigenvalue weighted by Gasteiger charge is -2.44. The summed E-state index contributed by atoms with van der Waals surface area (Å²) in [6.45, 7) is -1.97. The third kappa shape index (κ3) is 6.88. The minimum atomic E-state index is -6.09. The Hall–Kier alpha value is -2.32. The Morgan fingerprint density at radius 1 is 0.769 bits per heavy atom. The van der Waals surface area contributed by atoms with Gasteiger partial charge in [-0.3, -0.25) is 0 Å². The fraction of sp³-hybridized carbons (Fsp3) is 0.520. The summed E-state index contributed by atoms with van der Waals surface area (Å²) in [7, 11) is -4.85. The molecule has 3 rings (SSSR count). The molecule has 39 heavy (non-hydrogen) atoms. The monoisotopic (exact) mass is 591 g/mol. The van der Waals surface area contributed by atoms with Crippen LogP contribution >= 0.6 is 0 Å². The van der Waals surface area contributed by atoms with E-state index in [-0.39, 0.29) is 16.3 Å². The van der Waals surface area contributed by atoms with E-state index in [0.29, 0.717) is 5.56 Å². The highest BCUT2D eigenvalue weighted by molar-refractivity contribution is 7.89. The second kappa shape index (κ2) is 11.3. The number of nitrogens with zero attached hydrogens (tertiary/aromatic N) is 1. The number of aliphatic hydroxyl groups is 1. The number of alkyl halides is 9. The van der Waals surface area contributed by atoms with Crippen LogP contribution in [0.4, 0.5) is 39.5 Å². The first-order valence-electron chi connectivity index (χ1n) is 11.9. The van der Waals surface area contributed by atoms with Crippen LogP contribution in [0.3, 0.4) is 0 Å². The molecule has 0 spiro atoms. The van der Waals surface area contributed by atoms with E-state index in [1.165, 1.54) is 24.3 Å². The van der Waals surface area contributed by atoms with Crippen molar-refractivity contribution in [1.29, 1.82) is 0 Å². The molecule has 0 aromatic heterocycles. The standard InChI is InChI=1S/C25H26F9NO3S/c26-22(27,28)16-35(20-13-11-19(12-14-20)23(36,24(29,30)31)25(32,33)34)39(37,38)21(18-9-5-2-6-10-18)15-17-7-3-1-4-8-17/h1-10,19-21,36H,11-16H2. The maximum atomic E-state index is 13.8. The van der Waals surface area contributed by atoms with Crippen molar-refractivity contribution < 1.29 is 53.0 Å². The first-order valence-corrected chi connectivity index (χ1v) is 13.4. The molecule has 1 unspecified atom stereocenters. The molecule has 2 aromatic rings. The minimum absolute atomic E-state index is 0.157. The van der Waals surface area contributed by atoms with E-state index in [0.717, 1.165) is 0 Å². The Balaban J connectivity index is 1.98. The van der Waals surface area contributed by atoms with E-state index in [4.69, 9.17) is 0 Å². The predicted molar refractivity (Wildman–Crippen MR) is 124 cm³/mol. The molecule has 1 aliphatic carbocycles. The van der Waals surface area contributed by atoms with Crippen LogP contribution in [0.2, 0.25) is 0 Å². The first-order chi connectivity index (χ1) is 17.9. The van der Waals surface area contributed by atoms with E-state index in [2.05, 4.69) is 0 Å². The summed E-state index contributed by atoms with van der Waals surface area (Å²) < 4.78 is 149. The van der Waals surface area contributed by atoms with Crippen LogP contribution in [0, 0.1) is 5.92 Å². The zero-order valence-corrected chi connectivity index (χ0v) is 21.1. The number of halogens is 9. The number of benzene rings is 2. The topological polar surface area (TPSA) is 57.6 Å². The molecule has 1 saturated carbocycles. The molecule has 0 saturated heterocycles. The van der Waals surface area contributed by atoms with Crippen LogP contribution in [0.15, 0.2) is 60.7 Å². The van der Waals surface area contributed by atoms with Crippen molar-refractivity contribution >= 4 is 10.0 Å². The minimum Gasteiger partial charge on any atom is -0.373 e. The van der Waals surface area contributed by atoms with Gasteiger partial charge in [0.2, 0.25) is 10.0 Å². The zero-order valence-electron chi connectivity index (χ0n) is 20.3. The maximum Gasteiger partial charge on any atom is 0.426 e. The van der Waals surface area contributed by atoms with Crippen molar-refractivity contribution in [3.63, 3.8) is 0 Å². The van der Waals surface area contributed by atoms with Gasteiger partial charge in [0.1, 0.15) is 11.8 Å². The van der Waals surface area contributed by atoms with Gasteiger partial charge in [0.15, 0.2) is 0 Å². The molecule has 1 atom stereocenters. The van der Waals surface area contributed by atoms with Gasteiger partial charge in [0.05, 0.1) is 0 Å². The van der Waals surface area contributed by atoms with Gasteiger partial charge in [-0.15, -0.1) is 0 Å². The molecule has 2 aromatic carbocycles. The summed E-state index contributed by atoms with van der Waals surface area (Å²) in [6, 6.07) is 13.9. The molecule has 1 aliphatic rings. The summed E-state index contributed by atoms with van der Waals surface area (Å²) in [5.74, 6) is -2.40. The SMILES string of the molecule is O=S(=O)(C(Cc1ccccc1)c1ccccc1)N(CC(F)(F)F)C1CCC(C(O)(C(F)(F)F)C(F)(F)F)CC1. The Kier molecular flexibility index (Phi) is 9.03. The molecule has 1 fully saturated rings. The second-order valence-corrected chi connectivity index (χ2v) is 11.6. The lowest BCUT2D eigenvalue weighted by Crippen LogP contribution is -2.62. The lowest BCUT2D eigenvalue weighted by atomic mass is 9.74. The van der Waals surface area contributed by atoms with Crippen molar-refractivity contribution in [3.05, 3.63) is 71.8 Å². The summed E-state index contributed by atoms with van der Waals surface area (Å²) in [5.41, 5.74) is -4.41. The zero-order chi connectivity index (χ0) is 29.3. The molecule has 0 amide bonds. The van der Waals surface area contributed by atoms with Crippen LogP contribution in [0.1, 0.15) is 42.1 Å². The largest absolute Gasteiger partial charge is 0.426 e. The predicted octanol–water partition coefficient (Wildman–Crippen LogP) is 6.58. The molecule has 4 nitrogen and oxygen atoms in total. The molecule has 0 radical (unpaired) electrons. The van der Waals surface area contributed by atoms with Gasteiger partial charge in [-0.1, -0.05) is 60.7 Å². The van der Waals surface area contributed by atoms with E-state index >= 15 is 0 Å². The van der Waals surface area contributed by atoms with Gasteiger partial charge in [0, 0.05) is 12.0 Å². The maximum absolute atomic E-state index is 13.8. The fourth-order valence-corrected chi connectivity index (χ4v) is 7.25. The van der Waals surface area contributed by atoms with Crippen molar-refractivity contribution in [2.75, 3.05) is 6.54 Å². The Bertz CT molecular complexity index is 1160. The van der Waals surface area contributed by atoms with Gasteiger partial charge in [-0.25, -0.2) is 8.42 Å². The van der Waals surface area contributed by atoms with E-state index in [1.807, 2.05) is 0 Å². The van der Waals surface area contributed by atoms with Gasteiger partial charge in [-0.05, 0) is 43.2 Å². The summed E-state index contributed by atoms with van der Waals surface area (Å²) >= 11 is 0. The average Bonchev–Trinajstić information content (AvgIpc) is 2.84. The van der Waals surface area contributed by atoms with E-state index < -0.39 is 83.6 Å². The molecule has 14 heteroatoms. The molecule has 0 bridgehead atoms. The van der Waals surface area contributed by atoms with Crippen LogP contribution < -0.4 is 0 Å². The summed E-state index contributed by atoms with van der Waals surface area (Å²) in [4.78, 5) is 0. The Morgan fingerprint density at radius 3 is 1.67 bits per heavy atom. The highest BCUT2D eigenvalue weighted by Gasteiger charge is 2.73. The molecular formula is C25H26F9NO3S. The van der Waals surface area contributed by atoms with Crippen molar-refractivity contribution in [1.82, 2.24) is 4.31 Å². The van der Waals surface area contributed by atoms with Gasteiger partial charge in [0.25, 0.3) is 5.60 Å². The van der Waals surface area contributed by atoms with E-state index in [9.17, 15) is 53.0 Å². The molecule has 0 heterocycles. The van der Waals surface area contributed by atoms with Crippen molar-refractivity contribution in [2.45, 2.75) is 67.5 Å². The Labute approximate surface area is 219 Å². The first kappa shape index (κ1) is 31.2. The fourth-order valence-electron chi connectivity index (χ4n) is 5.06. The van der Waals surface area contributed by atoms with Gasteiger partial charge < -0.3 is 5.11 Å². The third-order valence-corrected chi connectivity index (χ3v) is 9.25. The number of sulfonamides is 1. The third-order valence-electron chi connectivity index (χ3n) is 7.02.